The summed E-state index contributed by atoms with van der Waals surface area (Å²) in [6, 6.07) is 13.4. The van der Waals surface area contributed by atoms with Gasteiger partial charge in [0.1, 0.15) is 12.6 Å². The molecule has 6 nitrogen and oxygen atoms in total. The molecular weight excluding hydrogens is 428 g/mol. The van der Waals surface area contributed by atoms with Crippen molar-refractivity contribution < 1.29 is 14.6 Å². The van der Waals surface area contributed by atoms with Crippen LogP contribution in [0.3, 0.4) is 0 Å². The number of carboxylic acid groups (broad SMARTS) is 1. The van der Waals surface area contributed by atoms with Crippen LogP contribution in [0.1, 0.15) is 18.4 Å². The molecule has 0 saturated carbocycles. The van der Waals surface area contributed by atoms with Gasteiger partial charge in [0, 0.05) is 11.8 Å². The number of nitrogens with one attached hydrogen (secondary N) is 2. The van der Waals surface area contributed by atoms with Crippen molar-refractivity contribution in [2.75, 3.05) is 11.9 Å². The number of hydrogen-bond donors (Lipinski definition) is 3. The molecule has 7 heteroatoms. The molecule has 1 aliphatic rings. The summed E-state index contributed by atoms with van der Waals surface area (Å²) in [7, 11) is 0. The van der Waals surface area contributed by atoms with E-state index in [1.807, 2.05) is 36.4 Å². The Hall–Kier alpha value is -3.51. The predicted molar refractivity (Wildman–Crippen MR) is 127 cm³/mol. The number of ether oxygens (including phenoxy) is 1. The van der Waals surface area contributed by atoms with Crippen LogP contribution in [0, 0.1) is 0 Å². The zero-order valence-electron chi connectivity index (χ0n) is 17.3. The molecule has 32 heavy (non-hydrogen) atoms. The highest BCUT2D eigenvalue weighted by molar-refractivity contribution is 6.36. The number of fused-ring (bicyclic) bond motifs is 1. The van der Waals surface area contributed by atoms with E-state index in [1.165, 1.54) is 0 Å². The van der Waals surface area contributed by atoms with Gasteiger partial charge in [0.15, 0.2) is 0 Å². The highest BCUT2D eigenvalue weighted by atomic mass is 35.5. The molecule has 0 amide bonds. The molecule has 1 unspecified atom stereocenters. The largest absolute Gasteiger partial charge is 0.481 e. The lowest BCUT2D eigenvalue weighted by atomic mass is 10.0. The van der Waals surface area contributed by atoms with Crippen molar-refractivity contribution in [1.82, 2.24) is 4.98 Å². The van der Waals surface area contributed by atoms with Gasteiger partial charge in [-0.1, -0.05) is 66.2 Å². The topological polar surface area (TPSA) is 91.4 Å². The molecule has 4 rings (SSSR count). The number of aromatic nitrogens is 1. The van der Waals surface area contributed by atoms with Gasteiger partial charge in [0.25, 0.3) is 5.56 Å². The Labute approximate surface area is 190 Å². The van der Waals surface area contributed by atoms with Gasteiger partial charge in [-0.3, -0.25) is 4.79 Å². The van der Waals surface area contributed by atoms with Crippen LogP contribution in [0.25, 0.3) is 10.9 Å². The molecule has 1 aliphatic carbocycles. The second-order valence-corrected chi connectivity index (χ2v) is 8.00. The maximum absolute atomic E-state index is 12.9. The summed E-state index contributed by atoms with van der Waals surface area (Å²) >= 11 is 6.47. The number of benzene rings is 2. The number of halogens is 1. The number of carbonyl (C=O) groups is 1. The number of carboxylic acids is 1. The van der Waals surface area contributed by atoms with Crippen LogP contribution in [0.5, 0.6) is 5.75 Å². The van der Waals surface area contributed by atoms with Crippen LogP contribution in [-0.4, -0.2) is 28.7 Å². The lowest BCUT2D eigenvalue weighted by Gasteiger charge is -2.21. The Bertz CT molecular complexity index is 1250. The summed E-state index contributed by atoms with van der Waals surface area (Å²) in [5.41, 5.74) is 2.13. The fourth-order valence-corrected chi connectivity index (χ4v) is 3.99. The number of aromatic amines is 1. The van der Waals surface area contributed by atoms with Crippen LogP contribution in [0.2, 0.25) is 5.02 Å². The van der Waals surface area contributed by atoms with Gasteiger partial charge < -0.3 is 20.1 Å². The van der Waals surface area contributed by atoms with Gasteiger partial charge in [0.05, 0.1) is 16.2 Å². The van der Waals surface area contributed by atoms with Crippen LogP contribution in [0.15, 0.2) is 77.1 Å². The Balaban J connectivity index is 1.75. The molecule has 0 spiro atoms. The van der Waals surface area contributed by atoms with Gasteiger partial charge in [-0.2, -0.15) is 0 Å². The molecule has 3 N–H and O–H groups in total. The average Bonchev–Trinajstić information content (AvgIpc) is 2.79. The summed E-state index contributed by atoms with van der Waals surface area (Å²) in [5.74, 6) is -1.03. The van der Waals surface area contributed by atoms with E-state index in [1.54, 1.807) is 18.2 Å². The minimum absolute atomic E-state index is 0.0183. The number of anilines is 1. The molecule has 0 fully saturated rings. The van der Waals surface area contributed by atoms with Gasteiger partial charge in [-0.05, 0) is 36.1 Å². The molecule has 0 radical (unpaired) electrons. The molecule has 1 heterocycles. The lowest BCUT2D eigenvalue weighted by Crippen LogP contribution is -2.32. The number of pyridine rings is 1. The Morgan fingerprint density at radius 1 is 1.16 bits per heavy atom. The maximum atomic E-state index is 12.9. The van der Waals surface area contributed by atoms with Crippen molar-refractivity contribution in [3.8, 4) is 5.75 Å². The van der Waals surface area contributed by atoms with E-state index in [0.29, 0.717) is 15.9 Å². The molecule has 0 aliphatic heterocycles. The van der Waals surface area contributed by atoms with Crippen molar-refractivity contribution in [1.29, 1.82) is 0 Å². The fraction of sp³-hybridized carbons (Fsp3) is 0.200. The zero-order valence-corrected chi connectivity index (χ0v) is 18.1. The lowest BCUT2D eigenvalue weighted by molar-refractivity contribution is -0.137. The molecule has 2 aromatic carbocycles. The van der Waals surface area contributed by atoms with E-state index in [4.69, 9.17) is 16.3 Å². The van der Waals surface area contributed by atoms with Crippen molar-refractivity contribution in [3.05, 3.63) is 93.3 Å². The Morgan fingerprint density at radius 3 is 2.69 bits per heavy atom. The Morgan fingerprint density at radius 2 is 1.97 bits per heavy atom. The standard InChI is InChI=1S/C25H23ClN2O4/c26-18-12-7-13-19-21(18)22(27-20(25(30)31)14-16-8-3-1-4-9-16)23(24(29)28-19)32-15-17-10-5-2-6-11-17/h1,3-5,7-13,20H,2,6,14-15H2,(H,30,31)(H2,27,28,29). The minimum Gasteiger partial charge on any atom is -0.481 e. The first kappa shape index (κ1) is 21.7. The molecule has 164 valence electrons. The molecule has 0 bridgehead atoms. The summed E-state index contributed by atoms with van der Waals surface area (Å²) < 4.78 is 5.92. The predicted octanol–water partition coefficient (Wildman–Crippen LogP) is 4.94. The second kappa shape index (κ2) is 9.75. The quantitative estimate of drug-likeness (QED) is 0.452. The smallest absolute Gasteiger partial charge is 0.326 e. The summed E-state index contributed by atoms with van der Waals surface area (Å²) in [5, 5.41) is 13.8. The second-order valence-electron chi connectivity index (χ2n) is 7.59. The highest BCUT2D eigenvalue weighted by Gasteiger charge is 2.24. The fourth-order valence-electron chi connectivity index (χ4n) is 3.72. The van der Waals surface area contributed by atoms with Gasteiger partial charge in [0.2, 0.25) is 5.75 Å². The van der Waals surface area contributed by atoms with Crippen LogP contribution in [-0.2, 0) is 11.2 Å². The van der Waals surface area contributed by atoms with Crippen molar-refractivity contribution in [2.45, 2.75) is 25.3 Å². The number of H-pyrrole nitrogens is 1. The first-order valence-electron chi connectivity index (χ1n) is 10.4. The number of allylic oxidation sites excluding steroid dienone is 2. The van der Waals surface area contributed by atoms with Gasteiger partial charge >= 0.3 is 5.97 Å². The van der Waals surface area contributed by atoms with Gasteiger partial charge in [-0.25, -0.2) is 4.79 Å². The number of aliphatic carboxylic acids is 1. The molecule has 0 saturated heterocycles. The summed E-state index contributed by atoms with van der Waals surface area (Å²) in [6.07, 6.45) is 8.20. The van der Waals surface area contributed by atoms with Crippen LogP contribution < -0.4 is 15.6 Å². The van der Waals surface area contributed by atoms with E-state index >= 15 is 0 Å². The molecule has 1 atom stereocenters. The van der Waals surface area contributed by atoms with E-state index < -0.39 is 17.6 Å². The molecule has 3 aromatic rings. The van der Waals surface area contributed by atoms with Crippen LogP contribution >= 0.6 is 11.6 Å². The number of hydrogen-bond acceptors (Lipinski definition) is 4. The average molecular weight is 451 g/mol. The van der Waals surface area contributed by atoms with Crippen molar-refractivity contribution in [2.24, 2.45) is 0 Å². The third kappa shape index (κ3) is 4.86. The van der Waals surface area contributed by atoms with E-state index in [9.17, 15) is 14.7 Å². The third-order valence-electron chi connectivity index (χ3n) is 5.30. The molecular formula is C25H23ClN2O4. The van der Waals surface area contributed by atoms with Crippen LogP contribution in [0.4, 0.5) is 5.69 Å². The maximum Gasteiger partial charge on any atom is 0.326 e. The Kier molecular flexibility index (Phi) is 6.61. The van der Waals surface area contributed by atoms with E-state index in [2.05, 4.69) is 22.5 Å². The van der Waals surface area contributed by atoms with E-state index in [0.717, 1.165) is 24.0 Å². The first-order valence-corrected chi connectivity index (χ1v) is 10.8. The van der Waals surface area contributed by atoms with Gasteiger partial charge in [-0.15, -0.1) is 0 Å². The van der Waals surface area contributed by atoms with E-state index in [-0.39, 0.29) is 24.5 Å². The SMILES string of the molecule is O=C(O)C(Cc1ccccc1)Nc1c(OCC2=CCCC=C2)c(=O)[nH]c2cccc(Cl)c12. The third-order valence-corrected chi connectivity index (χ3v) is 5.61. The van der Waals surface area contributed by atoms with Crippen molar-refractivity contribution in [3.63, 3.8) is 0 Å². The normalized spacial score (nSPS) is 14.1. The summed E-state index contributed by atoms with van der Waals surface area (Å²) in [4.78, 5) is 27.8. The monoisotopic (exact) mass is 450 g/mol. The highest BCUT2D eigenvalue weighted by Crippen LogP contribution is 2.35. The van der Waals surface area contributed by atoms with Crippen molar-refractivity contribution >= 4 is 34.2 Å². The molecule has 1 aromatic heterocycles. The summed E-state index contributed by atoms with van der Waals surface area (Å²) in [6.45, 7) is 0.195. The first-order chi connectivity index (χ1) is 15.5. The number of rotatable bonds is 8. The minimum atomic E-state index is -1.04. The zero-order chi connectivity index (χ0) is 22.5.